The molecule has 26 nitrogen and oxygen atoms in total. The van der Waals surface area contributed by atoms with Crippen LogP contribution >= 0.6 is 69.9 Å². The predicted octanol–water partition coefficient (Wildman–Crippen LogP) is 8.68. The number of nitrogens with one attached hydrogen (secondary N) is 2. The Labute approximate surface area is 515 Å². The number of phosphoric acid groups is 1. The number of hydrogen-bond acceptors (Lipinski definition) is 18. The predicted molar refractivity (Wildman–Crippen MR) is 323 cm³/mol. The molecule has 0 saturated carbocycles. The maximum atomic E-state index is 13.8. The Hall–Kier alpha value is -5.55. The fraction of sp³-hybridized carbons (Fsp3) is 0.440. The van der Waals surface area contributed by atoms with Gasteiger partial charge < -0.3 is 34.5 Å². The average Bonchev–Trinajstić information content (AvgIpc) is 1.70. The van der Waals surface area contributed by atoms with Crippen LogP contribution in [0.5, 0.6) is 0 Å². The number of β-amino-alcohol motifs (C(OH)–C–C–N with tert-alkyl or cyclic N) is 1. The number of aryl methyl sites for hydroxylation is 2. The number of fused-ring (bicyclic) bond motifs is 2. The number of phosphoric ester groups is 1. The smallest absolute Gasteiger partial charge is 0.390 e. The van der Waals surface area contributed by atoms with E-state index in [9.17, 15) is 61.0 Å². The number of amides is 2. The molecule has 0 radical (unpaired) electrons. The first-order chi connectivity index (χ1) is 39.8. The van der Waals surface area contributed by atoms with Crippen molar-refractivity contribution in [2.45, 2.75) is 76.7 Å². The van der Waals surface area contributed by atoms with Gasteiger partial charge in [-0.15, -0.1) is 0 Å². The van der Waals surface area contributed by atoms with E-state index in [4.69, 9.17) is 47.9 Å². The van der Waals surface area contributed by atoms with Crippen LogP contribution in [0.1, 0.15) is 95.3 Å². The van der Waals surface area contributed by atoms with Crippen LogP contribution in [0.15, 0.2) is 60.9 Å². The number of aliphatic hydroxyl groups is 1. The van der Waals surface area contributed by atoms with Crippen LogP contribution < -0.4 is 19.2 Å². The van der Waals surface area contributed by atoms with Gasteiger partial charge >= 0.3 is 13.0 Å². The lowest BCUT2D eigenvalue weighted by atomic mass is 9.98. The highest BCUT2D eigenvalue weighted by Crippen LogP contribution is 2.61. The highest BCUT2D eigenvalue weighted by atomic mass is 36.0. The minimum absolute atomic E-state index is 0. The molecule has 4 fully saturated rings. The number of nitriles is 2. The zero-order chi connectivity index (χ0) is 62.1. The average molecular weight is 1350 g/mol. The molecule has 4 aliphatic rings. The van der Waals surface area contributed by atoms with Crippen molar-refractivity contribution in [3.8, 4) is 12.1 Å². The molecule has 2 aromatic carbocycles. The van der Waals surface area contributed by atoms with Crippen molar-refractivity contribution in [1.29, 1.82) is 10.5 Å². The van der Waals surface area contributed by atoms with E-state index in [-0.39, 0.29) is 54.9 Å². The van der Waals surface area contributed by atoms with Gasteiger partial charge in [-0.2, -0.15) is 20.7 Å². The Balaban J connectivity index is 0.000000227. The second-order valence-corrected chi connectivity index (χ2v) is 33.0. The van der Waals surface area contributed by atoms with Crippen molar-refractivity contribution in [3.05, 3.63) is 105 Å². The van der Waals surface area contributed by atoms with Gasteiger partial charge in [0.05, 0.1) is 88.6 Å². The molecule has 4 saturated heterocycles. The van der Waals surface area contributed by atoms with Crippen molar-refractivity contribution in [3.63, 3.8) is 0 Å². The van der Waals surface area contributed by atoms with Crippen LogP contribution in [0.3, 0.4) is 0 Å². The summed E-state index contributed by atoms with van der Waals surface area (Å²) >= 11 is 26.2. The van der Waals surface area contributed by atoms with Gasteiger partial charge in [-0.3, -0.25) is 28.1 Å². The number of aromatic nitrogens is 6. The fourth-order valence-corrected chi connectivity index (χ4v) is 12.7. The van der Waals surface area contributed by atoms with Crippen LogP contribution in [0, 0.1) is 48.3 Å². The molecule has 10 rings (SSSR count). The molecule has 0 bridgehead atoms. The summed E-state index contributed by atoms with van der Waals surface area (Å²) in [5.41, 5.74) is 4.55. The normalized spacial score (nSPS) is 21.2. The zero-order valence-electron chi connectivity index (χ0n) is 45.7. The van der Waals surface area contributed by atoms with E-state index in [1.165, 1.54) is 36.4 Å². The molecule has 2 amide bonds. The molecule has 35 heteroatoms. The SMILES string of the molecule is Cc1cn2nc([C@@H]3CCCCN3C(=O)c3cc(Cl)ccc3NS(C)(=O)=O)cc2nc1N1C[C@@H](C#N)[C@@H](O)C1.Cc1cn2nc([C@@H]3CCCCN3C(=O)c3cc(Cl)ccc3NS(C)(=O)=O)cc2nc1N1C[C@@H](C#N)[C@@H](OP(=O)(O)O)C1.O=P(Cl)(Cl)Cl.[2HH]. The summed E-state index contributed by atoms with van der Waals surface area (Å²) in [7, 11) is -12.0. The number of likely N-dealkylation sites (tertiary alicyclic amines) is 2. The highest BCUT2D eigenvalue weighted by Gasteiger charge is 2.40. The summed E-state index contributed by atoms with van der Waals surface area (Å²) in [5, 5.41) is 35.8. The fourth-order valence-electron chi connectivity index (χ4n) is 10.7. The van der Waals surface area contributed by atoms with E-state index in [1.54, 1.807) is 36.0 Å². The van der Waals surface area contributed by atoms with Gasteiger partial charge in [0.1, 0.15) is 17.7 Å². The number of aliphatic hydroxyl groups excluding tert-OH is 1. The number of halogens is 5. The molecule has 8 heterocycles. The molecule has 4 aliphatic heterocycles. The van der Waals surface area contributed by atoms with E-state index >= 15 is 0 Å². The number of piperidine rings is 2. The summed E-state index contributed by atoms with van der Waals surface area (Å²) in [5.74, 6) is -0.732. The van der Waals surface area contributed by atoms with Crippen LogP contribution in [0.25, 0.3) is 11.3 Å². The molecule has 0 unspecified atom stereocenters. The van der Waals surface area contributed by atoms with Gasteiger partial charge in [-0.1, -0.05) is 23.2 Å². The number of nitrogens with zero attached hydrogens (tertiary/aromatic N) is 12. The largest absolute Gasteiger partial charge is 0.469 e. The van der Waals surface area contributed by atoms with Crippen molar-refractivity contribution < 1.29 is 56.4 Å². The lowest BCUT2D eigenvalue weighted by Gasteiger charge is -2.35. The first-order valence-electron chi connectivity index (χ1n) is 26.1. The first-order valence-corrected chi connectivity index (χ1v) is 36.6. The van der Waals surface area contributed by atoms with Gasteiger partial charge in [0.15, 0.2) is 11.3 Å². The quantitative estimate of drug-likeness (QED) is 0.0715. The molecule has 0 aliphatic carbocycles. The minimum atomic E-state index is -4.79. The molecular formula is C50H59Cl5N14O12P2S2. The number of sulfonamides is 2. The molecule has 0 spiro atoms. The van der Waals surface area contributed by atoms with Crippen LogP contribution in [0.2, 0.25) is 10.0 Å². The van der Waals surface area contributed by atoms with Crippen LogP contribution in [0.4, 0.5) is 23.0 Å². The van der Waals surface area contributed by atoms with Gasteiger partial charge in [0.2, 0.25) is 20.0 Å². The number of rotatable bonds is 12. The Kier molecular flexibility index (Phi) is 20.3. The Morgan fingerprint density at radius 1 is 0.682 bits per heavy atom. The number of hydrogen-bond donors (Lipinski definition) is 5. The van der Waals surface area contributed by atoms with Crippen LogP contribution in [-0.2, 0) is 33.7 Å². The molecule has 458 valence electrons. The van der Waals surface area contributed by atoms with Gasteiger partial charge in [0, 0.05) is 86.4 Å². The van der Waals surface area contributed by atoms with Gasteiger partial charge in [0.25, 0.3) is 11.8 Å². The minimum Gasteiger partial charge on any atom is -0.390 e. The van der Waals surface area contributed by atoms with E-state index in [1.807, 2.05) is 37.1 Å². The van der Waals surface area contributed by atoms with Gasteiger partial charge in [-0.25, -0.2) is 40.4 Å². The zero-order valence-corrected chi connectivity index (χ0v) is 52.9. The third kappa shape index (κ3) is 16.7. The third-order valence-corrected chi connectivity index (χ3v) is 16.4. The summed E-state index contributed by atoms with van der Waals surface area (Å²) < 4.78 is 81.5. The highest BCUT2D eigenvalue weighted by molar-refractivity contribution is 8.24. The van der Waals surface area contributed by atoms with Crippen LogP contribution in [-0.4, -0.2) is 147 Å². The van der Waals surface area contributed by atoms with E-state index < -0.39 is 63.2 Å². The second kappa shape index (κ2) is 26.4. The Morgan fingerprint density at radius 3 is 1.48 bits per heavy atom. The number of carbonyl (C=O) groups is 2. The monoisotopic (exact) mass is 1350 g/mol. The van der Waals surface area contributed by atoms with Crippen molar-refractivity contribution in [1.82, 2.24) is 39.0 Å². The van der Waals surface area contributed by atoms with Crippen molar-refractivity contribution in [2.75, 3.05) is 71.0 Å². The summed E-state index contributed by atoms with van der Waals surface area (Å²) in [6, 6.07) is 16.0. The summed E-state index contributed by atoms with van der Waals surface area (Å²) in [6.45, 7) is 5.62. The lowest BCUT2D eigenvalue weighted by Crippen LogP contribution is -2.39. The summed E-state index contributed by atoms with van der Waals surface area (Å²) in [6.07, 6.45) is 8.61. The molecule has 5 N–H and O–H groups in total. The standard InChI is InChI=1S/C25H29ClN7O7PS.C25H28ClN7O4S.Cl3OP.H2/c1-15-12-33-23(28-24(15)31-13-16(11-27)22(14-31)40-41(35,36)37)10-20(29-33)21-5-3-4-8-32(21)25(34)18-9-17(26)6-7-19(18)30-42(2,38)39;1-15-12-33-23(28-24(15)31-13-16(11-27)22(34)14-31)10-20(29-33)21-5-3-4-8-32(21)25(35)18-9-17(26)6-7-19(18)30-38(2,36)37;1-5(2,3)4;/h6-7,9-10,12,16,21-22,30H,3-5,8,13-14H2,1-2H3,(H2,35,36,37);6-7,9-10,12,16,21-22,30,34H,3-5,8,13-14H2,1-2H3;;1H/t2*16-,21+,22+;;/m11../s1/i;;;1+1. The van der Waals surface area contributed by atoms with Crippen molar-refractivity contribution in [2.24, 2.45) is 11.8 Å². The number of carbonyl (C=O) groups excluding carboxylic acids is 2. The molecule has 6 aromatic rings. The second-order valence-electron chi connectivity index (χ2n) is 20.8. The Morgan fingerprint density at radius 2 is 1.09 bits per heavy atom. The topological polar surface area (TPSA) is 351 Å². The molecule has 4 aromatic heterocycles. The van der Waals surface area contributed by atoms with E-state index in [0.29, 0.717) is 83.4 Å². The first kappa shape index (κ1) is 65.4. The van der Waals surface area contributed by atoms with E-state index in [2.05, 4.69) is 49.2 Å². The number of anilines is 4. The third-order valence-electron chi connectivity index (χ3n) is 14.2. The molecule has 85 heavy (non-hydrogen) atoms. The summed E-state index contributed by atoms with van der Waals surface area (Å²) in [4.78, 5) is 62.6. The van der Waals surface area contributed by atoms with E-state index in [0.717, 1.165) is 49.3 Å². The molecular weight excluding hydrogens is 1290 g/mol. The van der Waals surface area contributed by atoms with Gasteiger partial charge in [-0.05, 0) is 122 Å². The Bertz CT molecular complexity index is 3970. The number of benzene rings is 2. The maximum Gasteiger partial charge on any atom is 0.469 e. The van der Waals surface area contributed by atoms with Crippen molar-refractivity contribution >= 4 is 136 Å². The molecule has 6 atom stereocenters. The maximum absolute atomic E-state index is 13.8. The lowest BCUT2D eigenvalue weighted by molar-refractivity contribution is 0.0600.